The van der Waals surface area contributed by atoms with Crippen LogP contribution in [0.4, 0.5) is 0 Å². The Morgan fingerprint density at radius 2 is 1.89 bits per heavy atom. The molecule has 0 amide bonds. The molecule has 2 unspecified atom stereocenters. The SMILES string of the molecule is CCOC(C)(C)CNC1CCC(C)c2ccccc21. The highest BCUT2D eigenvalue weighted by atomic mass is 16.5. The molecular weight excluding hydrogens is 234 g/mol. The van der Waals surface area contributed by atoms with Crippen molar-refractivity contribution in [1.82, 2.24) is 5.32 Å². The van der Waals surface area contributed by atoms with Gasteiger partial charge in [0.15, 0.2) is 0 Å². The van der Waals surface area contributed by atoms with Gasteiger partial charge in [-0.2, -0.15) is 0 Å². The minimum absolute atomic E-state index is 0.0905. The second-order valence-electron chi connectivity index (χ2n) is 6.23. The van der Waals surface area contributed by atoms with Crippen molar-refractivity contribution in [3.05, 3.63) is 35.4 Å². The highest BCUT2D eigenvalue weighted by molar-refractivity contribution is 5.34. The summed E-state index contributed by atoms with van der Waals surface area (Å²) < 4.78 is 5.77. The van der Waals surface area contributed by atoms with Gasteiger partial charge in [0.05, 0.1) is 5.60 Å². The van der Waals surface area contributed by atoms with Crippen LogP contribution in [0, 0.1) is 0 Å². The van der Waals surface area contributed by atoms with E-state index in [2.05, 4.69) is 57.3 Å². The molecule has 0 saturated heterocycles. The summed E-state index contributed by atoms with van der Waals surface area (Å²) >= 11 is 0. The van der Waals surface area contributed by atoms with Gasteiger partial charge in [0, 0.05) is 19.2 Å². The van der Waals surface area contributed by atoms with Gasteiger partial charge in [0.1, 0.15) is 0 Å². The molecule has 2 nitrogen and oxygen atoms in total. The van der Waals surface area contributed by atoms with Crippen LogP contribution in [0.25, 0.3) is 0 Å². The molecule has 2 atom stereocenters. The van der Waals surface area contributed by atoms with Crippen molar-refractivity contribution in [3.63, 3.8) is 0 Å². The fourth-order valence-corrected chi connectivity index (χ4v) is 3.03. The van der Waals surface area contributed by atoms with E-state index in [1.807, 2.05) is 0 Å². The first-order chi connectivity index (χ1) is 9.03. The van der Waals surface area contributed by atoms with Crippen LogP contribution in [-0.2, 0) is 4.74 Å². The second kappa shape index (κ2) is 6.06. The first-order valence-electron chi connectivity index (χ1n) is 7.49. The minimum atomic E-state index is -0.0905. The molecule has 0 bridgehead atoms. The van der Waals surface area contributed by atoms with Crippen molar-refractivity contribution in [3.8, 4) is 0 Å². The topological polar surface area (TPSA) is 21.3 Å². The number of ether oxygens (including phenoxy) is 1. The van der Waals surface area contributed by atoms with Crippen LogP contribution in [0.2, 0.25) is 0 Å². The van der Waals surface area contributed by atoms with Gasteiger partial charge in [-0.3, -0.25) is 0 Å². The maximum atomic E-state index is 5.77. The standard InChI is InChI=1S/C17H27NO/c1-5-19-17(3,4)12-18-16-11-10-13(2)14-8-6-7-9-15(14)16/h6-9,13,16,18H,5,10-12H2,1-4H3. The third-order valence-corrected chi connectivity index (χ3v) is 4.10. The Kier molecular flexibility index (Phi) is 4.64. The van der Waals surface area contributed by atoms with Crippen LogP contribution in [0.1, 0.15) is 63.6 Å². The lowest BCUT2D eigenvalue weighted by atomic mass is 9.81. The summed E-state index contributed by atoms with van der Waals surface area (Å²) in [6.45, 7) is 10.4. The molecule has 0 saturated carbocycles. The van der Waals surface area contributed by atoms with E-state index in [4.69, 9.17) is 4.74 Å². The molecule has 1 aliphatic carbocycles. The van der Waals surface area contributed by atoms with Gasteiger partial charge in [-0.1, -0.05) is 31.2 Å². The predicted molar refractivity (Wildman–Crippen MR) is 80.5 cm³/mol. The lowest BCUT2D eigenvalue weighted by Crippen LogP contribution is -2.40. The summed E-state index contributed by atoms with van der Waals surface area (Å²) in [7, 11) is 0. The normalized spacial score (nSPS) is 23.2. The maximum absolute atomic E-state index is 5.77. The van der Waals surface area contributed by atoms with Crippen molar-refractivity contribution in [1.29, 1.82) is 0 Å². The Bertz CT molecular complexity index is 413. The number of hydrogen-bond acceptors (Lipinski definition) is 2. The molecular formula is C17H27NO. The van der Waals surface area contributed by atoms with Crippen LogP contribution < -0.4 is 5.32 Å². The summed E-state index contributed by atoms with van der Waals surface area (Å²) in [4.78, 5) is 0. The molecule has 106 valence electrons. The molecule has 0 heterocycles. The summed E-state index contributed by atoms with van der Waals surface area (Å²) in [6.07, 6.45) is 2.49. The van der Waals surface area contributed by atoms with Crippen molar-refractivity contribution >= 4 is 0 Å². The largest absolute Gasteiger partial charge is 0.375 e. The van der Waals surface area contributed by atoms with Crippen LogP contribution >= 0.6 is 0 Å². The van der Waals surface area contributed by atoms with Gasteiger partial charge in [0.25, 0.3) is 0 Å². The van der Waals surface area contributed by atoms with Gasteiger partial charge in [-0.05, 0) is 50.7 Å². The fourth-order valence-electron chi connectivity index (χ4n) is 3.03. The molecule has 1 aromatic carbocycles. The maximum Gasteiger partial charge on any atom is 0.0750 e. The number of fused-ring (bicyclic) bond motifs is 1. The van der Waals surface area contributed by atoms with E-state index in [-0.39, 0.29) is 5.60 Å². The summed E-state index contributed by atoms with van der Waals surface area (Å²) in [5, 5.41) is 3.70. The first-order valence-corrected chi connectivity index (χ1v) is 7.49. The fraction of sp³-hybridized carbons (Fsp3) is 0.647. The first kappa shape index (κ1) is 14.5. The molecule has 1 aromatic rings. The number of benzene rings is 1. The second-order valence-corrected chi connectivity index (χ2v) is 6.23. The van der Waals surface area contributed by atoms with Gasteiger partial charge >= 0.3 is 0 Å². The van der Waals surface area contributed by atoms with Crippen molar-refractivity contribution in [2.75, 3.05) is 13.2 Å². The predicted octanol–water partition coefficient (Wildman–Crippen LogP) is 4.03. The van der Waals surface area contributed by atoms with E-state index >= 15 is 0 Å². The molecule has 0 aliphatic heterocycles. The number of hydrogen-bond donors (Lipinski definition) is 1. The molecule has 2 heteroatoms. The van der Waals surface area contributed by atoms with Crippen LogP contribution in [-0.4, -0.2) is 18.8 Å². The summed E-state index contributed by atoms with van der Waals surface area (Å²) in [5.41, 5.74) is 2.90. The van der Waals surface area contributed by atoms with Crippen LogP contribution in [0.5, 0.6) is 0 Å². The third kappa shape index (κ3) is 3.58. The molecule has 0 spiro atoms. The van der Waals surface area contributed by atoms with Gasteiger partial charge in [0.2, 0.25) is 0 Å². The van der Waals surface area contributed by atoms with Crippen LogP contribution in [0.3, 0.4) is 0 Å². The molecule has 0 radical (unpaired) electrons. The van der Waals surface area contributed by atoms with Gasteiger partial charge in [-0.25, -0.2) is 0 Å². The van der Waals surface area contributed by atoms with E-state index in [1.165, 1.54) is 24.0 Å². The van der Waals surface area contributed by atoms with Crippen molar-refractivity contribution < 1.29 is 4.74 Å². The van der Waals surface area contributed by atoms with Gasteiger partial charge < -0.3 is 10.1 Å². The van der Waals surface area contributed by atoms with E-state index < -0.39 is 0 Å². The number of rotatable bonds is 5. The Hall–Kier alpha value is -0.860. The lowest BCUT2D eigenvalue weighted by Gasteiger charge is -2.33. The Balaban J connectivity index is 2.05. The zero-order chi connectivity index (χ0) is 13.9. The monoisotopic (exact) mass is 261 g/mol. The van der Waals surface area contributed by atoms with Crippen molar-refractivity contribution in [2.45, 2.75) is 58.1 Å². The van der Waals surface area contributed by atoms with E-state index in [1.54, 1.807) is 0 Å². The molecule has 1 aliphatic rings. The molecule has 0 aromatic heterocycles. The van der Waals surface area contributed by atoms with E-state index in [0.717, 1.165) is 13.2 Å². The Morgan fingerprint density at radius 3 is 2.58 bits per heavy atom. The average Bonchev–Trinajstić information content (AvgIpc) is 2.38. The van der Waals surface area contributed by atoms with Crippen molar-refractivity contribution in [2.24, 2.45) is 0 Å². The Morgan fingerprint density at radius 1 is 1.21 bits per heavy atom. The summed E-state index contributed by atoms with van der Waals surface area (Å²) in [5.74, 6) is 0.689. The summed E-state index contributed by atoms with van der Waals surface area (Å²) in [6, 6.07) is 9.34. The highest BCUT2D eigenvalue weighted by Gasteiger charge is 2.26. The number of nitrogens with one attached hydrogen (secondary N) is 1. The zero-order valence-electron chi connectivity index (χ0n) is 12.7. The molecule has 1 N–H and O–H groups in total. The Labute approximate surface area is 117 Å². The molecule has 0 fully saturated rings. The quantitative estimate of drug-likeness (QED) is 0.864. The highest BCUT2D eigenvalue weighted by Crippen LogP contribution is 2.37. The van der Waals surface area contributed by atoms with E-state index in [0.29, 0.717) is 12.0 Å². The smallest absolute Gasteiger partial charge is 0.0750 e. The minimum Gasteiger partial charge on any atom is -0.375 e. The van der Waals surface area contributed by atoms with E-state index in [9.17, 15) is 0 Å². The molecule has 2 rings (SSSR count). The lowest BCUT2D eigenvalue weighted by molar-refractivity contribution is -0.0110. The van der Waals surface area contributed by atoms with Crippen LogP contribution in [0.15, 0.2) is 24.3 Å². The average molecular weight is 261 g/mol. The van der Waals surface area contributed by atoms with Gasteiger partial charge in [-0.15, -0.1) is 0 Å². The third-order valence-electron chi connectivity index (χ3n) is 4.10. The zero-order valence-corrected chi connectivity index (χ0v) is 12.7. The molecule has 19 heavy (non-hydrogen) atoms.